The minimum Gasteiger partial charge on any atom is -0.278 e. The van der Waals surface area contributed by atoms with Crippen LogP contribution in [0.3, 0.4) is 0 Å². The highest BCUT2D eigenvalue weighted by molar-refractivity contribution is 5.99. The van der Waals surface area contributed by atoms with Gasteiger partial charge in [-0.1, -0.05) is 12.1 Å². The van der Waals surface area contributed by atoms with E-state index in [0.717, 1.165) is 11.3 Å². The molecule has 2 nitrogen and oxygen atoms in total. The number of hydrogen-bond acceptors (Lipinski definition) is 2. The standard InChI is InChI=1S/C14H12F2N2/c1-10(11-2-4-12(15)5-3-11)17-18-14-8-6-13(16)7-9-14/h2-9,18H,1H3/b17-10-. The van der Waals surface area contributed by atoms with E-state index in [2.05, 4.69) is 10.5 Å². The van der Waals surface area contributed by atoms with E-state index in [0.29, 0.717) is 5.69 Å². The topological polar surface area (TPSA) is 24.4 Å². The molecule has 0 radical (unpaired) electrons. The van der Waals surface area contributed by atoms with Gasteiger partial charge in [-0.15, -0.1) is 0 Å². The first-order valence-electron chi connectivity index (χ1n) is 5.47. The van der Waals surface area contributed by atoms with E-state index in [1.807, 2.05) is 6.92 Å². The number of anilines is 1. The SMILES string of the molecule is C/C(=N/Nc1ccc(F)cc1)c1ccc(F)cc1. The summed E-state index contributed by atoms with van der Waals surface area (Å²) in [5, 5.41) is 4.15. The van der Waals surface area contributed by atoms with Gasteiger partial charge in [0.15, 0.2) is 0 Å². The van der Waals surface area contributed by atoms with Gasteiger partial charge >= 0.3 is 0 Å². The van der Waals surface area contributed by atoms with E-state index >= 15 is 0 Å². The van der Waals surface area contributed by atoms with Crippen molar-refractivity contribution in [2.45, 2.75) is 6.92 Å². The molecule has 0 aromatic heterocycles. The number of benzene rings is 2. The lowest BCUT2D eigenvalue weighted by molar-refractivity contribution is 0.627. The molecular formula is C14H12F2N2. The highest BCUT2D eigenvalue weighted by Gasteiger charge is 1.98. The first kappa shape index (κ1) is 12.2. The summed E-state index contributed by atoms with van der Waals surface area (Å²) in [6.45, 7) is 1.81. The summed E-state index contributed by atoms with van der Waals surface area (Å²) in [6.07, 6.45) is 0. The Labute approximate surface area is 104 Å². The van der Waals surface area contributed by atoms with Crippen LogP contribution in [-0.2, 0) is 0 Å². The molecule has 0 saturated heterocycles. The molecule has 0 amide bonds. The van der Waals surface area contributed by atoms with Crippen LogP contribution in [0.5, 0.6) is 0 Å². The summed E-state index contributed by atoms with van der Waals surface area (Å²) in [6, 6.07) is 12.0. The number of rotatable bonds is 3. The van der Waals surface area contributed by atoms with Crippen molar-refractivity contribution < 1.29 is 8.78 Å². The van der Waals surface area contributed by atoms with E-state index in [1.165, 1.54) is 24.3 Å². The van der Waals surface area contributed by atoms with E-state index in [-0.39, 0.29) is 11.6 Å². The Morgan fingerprint density at radius 3 is 1.94 bits per heavy atom. The molecule has 0 unspecified atom stereocenters. The van der Waals surface area contributed by atoms with Crippen LogP contribution in [0.25, 0.3) is 0 Å². The monoisotopic (exact) mass is 246 g/mol. The molecule has 0 heterocycles. The van der Waals surface area contributed by atoms with Gasteiger partial charge < -0.3 is 0 Å². The highest BCUT2D eigenvalue weighted by atomic mass is 19.1. The summed E-state index contributed by atoms with van der Waals surface area (Å²) >= 11 is 0. The fourth-order valence-electron chi connectivity index (χ4n) is 1.43. The molecule has 2 aromatic carbocycles. The molecule has 18 heavy (non-hydrogen) atoms. The van der Waals surface area contributed by atoms with Crippen LogP contribution in [-0.4, -0.2) is 5.71 Å². The predicted octanol–water partition coefficient (Wildman–Crippen LogP) is 3.80. The Kier molecular flexibility index (Phi) is 3.67. The van der Waals surface area contributed by atoms with Crippen molar-refractivity contribution in [1.29, 1.82) is 0 Å². The molecule has 0 aliphatic rings. The summed E-state index contributed by atoms with van der Waals surface area (Å²) in [7, 11) is 0. The van der Waals surface area contributed by atoms with Gasteiger partial charge in [-0.05, 0) is 48.9 Å². The van der Waals surface area contributed by atoms with Crippen LogP contribution in [0, 0.1) is 11.6 Å². The lowest BCUT2D eigenvalue weighted by Gasteiger charge is -2.03. The molecule has 0 aliphatic heterocycles. The zero-order chi connectivity index (χ0) is 13.0. The minimum absolute atomic E-state index is 0.280. The number of nitrogens with one attached hydrogen (secondary N) is 1. The average Bonchev–Trinajstić information content (AvgIpc) is 2.38. The number of halogens is 2. The average molecular weight is 246 g/mol. The van der Waals surface area contributed by atoms with Gasteiger partial charge in [0.25, 0.3) is 0 Å². The molecule has 92 valence electrons. The van der Waals surface area contributed by atoms with Crippen molar-refractivity contribution >= 4 is 11.4 Å². The van der Waals surface area contributed by atoms with Crippen molar-refractivity contribution in [3.63, 3.8) is 0 Å². The summed E-state index contributed by atoms with van der Waals surface area (Å²) in [5.41, 5.74) is 5.05. The zero-order valence-electron chi connectivity index (χ0n) is 9.82. The van der Waals surface area contributed by atoms with Crippen LogP contribution < -0.4 is 5.43 Å². The van der Waals surface area contributed by atoms with Gasteiger partial charge in [-0.25, -0.2) is 8.78 Å². The molecule has 4 heteroatoms. The third-order valence-electron chi connectivity index (χ3n) is 2.46. The fourth-order valence-corrected chi connectivity index (χ4v) is 1.43. The summed E-state index contributed by atoms with van der Waals surface area (Å²) in [5.74, 6) is -0.571. The van der Waals surface area contributed by atoms with Crippen molar-refractivity contribution in [1.82, 2.24) is 0 Å². The van der Waals surface area contributed by atoms with Crippen LogP contribution in [0.4, 0.5) is 14.5 Å². The maximum absolute atomic E-state index is 12.7. The van der Waals surface area contributed by atoms with E-state index in [4.69, 9.17) is 0 Å². The summed E-state index contributed by atoms with van der Waals surface area (Å²) < 4.78 is 25.4. The second-order valence-corrected chi connectivity index (χ2v) is 3.82. The van der Waals surface area contributed by atoms with Crippen molar-refractivity contribution in [3.8, 4) is 0 Å². The first-order valence-corrected chi connectivity index (χ1v) is 5.47. The van der Waals surface area contributed by atoms with Crippen LogP contribution in [0.1, 0.15) is 12.5 Å². The Balaban J connectivity index is 2.09. The Hall–Kier alpha value is -2.23. The van der Waals surface area contributed by atoms with Crippen LogP contribution in [0.15, 0.2) is 53.6 Å². The molecular weight excluding hydrogens is 234 g/mol. The van der Waals surface area contributed by atoms with E-state index in [9.17, 15) is 8.78 Å². The molecule has 1 N–H and O–H groups in total. The third kappa shape index (κ3) is 3.13. The minimum atomic E-state index is -0.292. The molecule has 0 aliphatic carbocycles. The molecule has 0 bridgehead atoms. The molecule has 0 fully saturated rings. The lowest BCUT2D eigenvalue weighted by atomic mass is 10.1. The van der Waals surface area contributed by atoms with Gasteiger partial charge in [0, 0.05) is 0 Å². The Morgan fingerprint density at radius 1 is 0.889 bits per heavy atom. The van der Waals surface area contributed by atoms with E-state index < -0.39 is 0 Å². The Morgan fingerprint density at radius 2 is 1.39 bits per heavy atom. The smallest absolute Gasteiger partial charge is 0.123 e. The van der Waals surface area contributed by atoms with Gasteiger partial charge in [-0.3, -0.25) is 5.43 Å². The molecule has 0 saturated carbocycles. The number of hydrazone groups is 1. The van der Waals surface area contributed by atoms with Gasteiger partial charge in [0.05, 0.1) is 11.4 Å². The van der Waals surface area contributed by atoms with Crippen molar-refractivity contribution in [2.75, 3.05) is 5.43 Å². The molecule has 0 atom stereocenters. The predicted molar refractivity (Wildman–Crippen MR) is 68.6 cm³/mol. The molecule has 2 aromatic rings. The normalized spacial score (nSPS) is 11.4. The first-order chi connectivity index (χ1) is 8.65. The zero-order valence-corrected chi connectivity index (χ0v) is 9.82. The van der Waals surface area contributed by atoms with Gasteiger partial charge in [0.2, 0.25) is 0 Å². The number of hydrogen-bond donors (Lipinski definition) is 1. The van der Waals surface area contributed by atoms with Gasteiger partial charge in [-0.2, -0.15) is 5.10 Å². The Bertz CT molecular complexity index is 545. The van der Waals surface area contributed by atoms with Crippen molar-refractivity contribution in [3.05, 3.63) is 65.7 Å². The lowest BCUT2D eigenvalue weighted by Crippen LogP contribution is -1.99. The third-order valence-corrected chi connectivity index (χ3v) is 2.46. The molecule has 0 spiro atoms. The maximum atomic E-state index is 12.7. The quantitative estimate of drug-likeness (QED) is 0.646. The maximum Gasteiger partial charge on any atom is 0.123 e. The largest absolute Gasteiger partial charge is 0.278 e. The van der Waals surface area contributed by atoms with E-state index in [1.54, 1.807) is 24.3 Å². The van der Waals surface area contributed by atoms with Crippen LogP contribution >= 0.6 is 0 Å². The van der Waals surface area contributed by atoms with Crippen molar-refractivity contribution in [2.24, 2.45) is 5.10 Å². The highest BCUT2D eigenvalue weighted by Crippen LogP contribution is 2.09. The van der Waals surface area contributed by atoms with Gasteiger partial charge in [0.1, 0.15) is 11.6 Å². The number of nitrogens with zero attached hydrogens (tertiary/aromatic N) is 1. The second kappa shape index (κ2) is 5.40. The fraction of sp³-hybridized carbons (Fsp3) is 0.0714. The van der Waals surface area contributed by atoms with Crippen LogP contribution in [0.2, 0.25) is 0 Å². The summed E-state index contributed by atoms with van der Waals surface area (Å²) in [4.78, 5) is 0. The second-order valence-electron chi connectivity index (χ2n) is 3.82. The molecule has 2 rings (SSSR count).